The molecule has 0 fully saturated rings. The fourth-order valence-corrected chi connectivity index (χ4v) is 2.63. The van der Waals surface area contributed by atoms with E-state index in [9.17, 15) is 0 Å². The Hall–Kier alpha value is -2.66. The van der Waals surface area contributed by atoms with Crippen LogP contribution in [0.3, 0.4) is 0 Å². The highest BCUT2D eigenvalue weighted by atomic mass is 32.2. The minimum atomic E-state index is 0.590. The molecule has 114 valence electrons. The number of pyridine rings is 1. The maximum Gasteiger partial charge on any atom is 0.174 e. The van der Waals surface area contributed by atoms with Gasteiger partial charge in [0.1, 0.15) is 5.69 Å². The first kappa shape index (κ1) is 15.2. The molecule has 3 rings (SSSR count). The lowest BCUT2D eigenvalue weighted by Crippen LogP contribution is -1.92. The van der Waals surface area contributed by atoms with Crippen LogP contribution >= 0.6 is 11.8 Å². The van der Waals surface area contributed by atoms with Crippen LogP contribution in [0, 0.1) is 0 Å². The summed E-state index contributed by atoms with van der Waals surface area (Å²) < 4.78 is 0. The zero-order valence-corrected chi connectivity index (χ0v) is 13.5. The lowest BCUT2D eigenvalue weighted by Gasteiger charge is -2.11. The zero-order valence-electron chi connectivity index (χ0n) is 12.7. The van der Waals surface area contributed by atoms with Gasteiger partial charge in [0.15, 0.2) is 5.82 Å². The van der Waals surface area contributed by atoms with Crippen LogP contribution in [-0.2, 0) is 0 Å². The second-order valence-corrected chi connectivity index (χ2v) is 5.58. The van der Waals surface area contributed by atoms with Gasteiger partial charge in [-0.1, -0.05) is 30.3 Å². The van der Waals surface area contributed by atoms with Gasteiger partial charge in [-0.2, -0.15) is 0 Å². The molecule has 0 atom stereocenters. The van der Waals surface area contributed by atoms with Crippen LogP contribution in [-0.4, -0.2) is 11.2 Å². The molecule has 4 nitrogen and oxygen atoms in total. The number of anilines is 2. The number of hydrogen-bond acceptors (Lipinski definition) is 5. The van der Waals surface area contributed by atoms with Gasteiger partial charge < -0.3 is 5.32 Å². The predicted molar refractivity (Wildman–Crippen MR) is 96.4 cm³/mol. The summed E-state index contributed by atoms with van der Waals surface area (Å²) in [6.07, 6.45) is 3.76. The maximum absolute atomic E-state index is 4.32. The number of hydrogen-bond donors (Lipinski definition) is 1. The molecule has 0 aliphatic carbocycles. The van der Waals surface area contributed by atoms with Gasteiger partial charge in [0.05, 0.1) is 11.4 Å². The summed E-state index contributed by atoms with van der Waals surface area (Å²) in [5.41, 5.74) is 2.74. The minimum Gasteiger partial charge on any atom is -0.353 e. The summed E-state index contributed by atoms with van der Waals surface area (Å²) in [7, 11) is 0. The molecule has 0 saturated heterocycles. The van der Waals surface area contributed by atoms with Crippen LogP contribution in [0.25, 0.3) is 0 Å². The van der Waals surface area contributed by atoms with E-state index in [1.807, 2.05) is 54.6 Å². The SMILES string of the molecule is CSc1ccccc1Nc1ccccc1N=Nc1ccccn1. The molecule has 0 aliphatic rings. The van der Waals surface area contributed by atoms with Crippen LogP contribution < -0.4 is 5.32 Å². The summed E-state index contributed by atoms with van der Waals surface area (Å²) >= 11 is 1.70. The third kappa shape index (κ3) is 3.96. The molecule has 23 heavy (non-hydrogen) atoms. The summed E-state index contributed by atoms with van der Waals surface area (Å²) in [4.78, 5) is 5.33. The van der Waals surface area contributed by atoms with Gasteiger partial charge in [-0.15, -0.1) is 22.0 Å². The topological polar surface area (TPSA) is 49.6 Å². The number of azo groups is 1. The van der Waals surface area contributed by atoms with E-state index in [1.54, 1.807) is 18.0 Å². The van der Waals surface area contributed by atoms with E-state index in [1.165, 1.54) is 4.90 Å². The molecule has 0 radical (unpaired) electrons. The number of nitrogens with one attached hydrogen (secondary N) is 1. The largest absolute Gasteiger partial charge is 0.353 e. The zero-order chi connectivity index (χ0) is 15.9. The van der Waals surface area contributed by atoms with Crippen molar-refractivity contribution in [3.63, 3.8) is 0 Å². The standard InChI is InChI=1S/C18H16N4S/c1-23-17-11-5-4-10-16(17)20-14-8-2-3-9-15(14)21-22-18-12-6-7-13-19-18/h2-13,20H,1H3. The fourth-order valence-electron chi connectivity index (χ4n) is 2.08. The summed E-state index contributed by atoms with van der Waals surface area (Å²) in [6.45, 7) is 0. The molecule has 0 amide bonds. The van der Waals surface area contributed by atoms with E-state index >= 15 is 0 Å². The van der Waals surface area contributed by atoms with Gasteiger partial charge in [0.2, 0.25) is 0 Å². The average molecular weight is 320 g/mol. The number of para-hydroxylation sites is 2. The van der Waals surface area contributed by atoms with Crippen LogP contribution in [0.1, 0.15) is 0 Å². The van der Waals surface area contributed by atoms with Crippen molar-refractivity contribution in [3.8, 4) is 0 Å². The highest BCUT2D eigenvalue weighted by Gasteiger charge is 2.04. The highest BCUT2D eigenvalue weighted by molar-refractivity contribution is 7.98. The Kier molecular flexibility index (Phi) is 5.01. The maximum atomic E-state index is 4.32. The predicted octanol–water partition coefficient (Wildman–Crippen LogP) is 5.96. The first-order chi connectivity index (χ1) is 11.4. The Labute approximate surface area is 139 Å². The average Bonchev–Trinajstić information content (AvgIpc) is 2.62. The van der Waals surface area contributed by atoms with Crippen LogP contribution in [0.2, 0.25) is 0 Å². The van der Waals surface area contributed by atoms with Crippen LogP contribution in [0.5, 0.6) is 0 Å². The Morgan fingerprint density at radius 3 is 2.35 bits per heavy atom. The van der Waals surface area contributed by atoms with Gasteiger partial charge in [-0.25, -0.2) is 4.98 Å². The van der Waals surface area contributed by atoms with E-state index in [0.717, 1.165) is 17.1 Å². The van der Waals surface area contributed by atoms with Gasteiger partial charge >= 0.3 is 0 Å². The van der Waals surface area contributed by atoms with E-state index in [4.69, 9.17) is 0 Å². The molecule has 1 aromatic heterocycles. The molecule has 0 unspecified atom stereocenters. The molecule has 1 heterocycles. The van der Waals surface area contributed by atoms with E-state index in [-0.39, 0.29) is 0 Å². The van der Waals surface area contributed by atoms with Crippen molar-refractivity contribution < 1.29 is 0 Å². The fraction of sp³-hybridized carbons (Fsp3) is 0.0556. The number of nitrogens with zero attached hydrogens (tertiary/aromatic N) is 3. The molecular weight excluding hydrogens is 304 g/mol. The number of thioether (sulfide) groups is 1. The molecule has 5 heteroatoms. The number of aromatic nitrogens is 1. The molecule has 1 N–H and O–H groups in total. The first-order valence-corrected chi connectivity index (χ1v) is 8.41. The van der Waals surface area contributed by atoms with Crippen molar-refractivity contribution in [2.45, 2.75) is 4.90 Å². The second-order valence-electron chi connectivity index (χ2n) is 4.73. The third-order valence-corrected chi connectivity index (χ3v) is 3.99. The first-order valence-electron chi connectivity index (χ1n) is 7.18. The molecule has 0 aliphatic heterocycles. The number of benzene rings is 2. The summed E-state index contributed by atoms with van der Waals surface area (Å²) in [5.74, 6) is 0.590. The van der Waals surface area contributed by atoms with Crippen LogP contribution in [0.15, 0.2) is 88.1 Å². The molecule has 0 bridgehead atoms. The van der Waals surface area contributed by atoms with Gasteiger partial charge in [-0.3, -0.25) is 0 Å². The lowest BCUT2D eigenvalue weighted by atomic mass is 10.2. The summed E-state index contributed by atoms with van der Waals surface area (Å²) in [6, 6.07) is 21.6. The highest BCUT2D eigenvalue weighted by Crippen LogP contribution is 2.32. The molecule has 3 aromatic rings. The monoisotopic (exact) mass is 320 g/mol. The van der Waals surface area contributed by atoms with Gasteiger partial charge in [-0.05, 0) is 42.7 Å². The van der Waals surface area contributed by atoms with Crippen molar-refractivity contribution in [2.75, 3.05) is 11.6 Å². The molecule has 2 aromatic carbocycles. The van der Waals surface area contributed by atoms with E-state index < -0.39 is 0 Å². The Balaban J connectivity index is 1.88. The third-order valence-electron chi connectivity index (χ3n) is 3.19. The quantitative estimate of drug-likeness (QED) is 0.466. The minimum absolute atomic E-state index is 0.590. The van der Waals surface area contributed by atoms with Crippen molar-refractivity contribution in [1.29, 1.82) is 0 Å². The summed E-state index contributed by atoms with van der Waals surface area (Å²) in [5, 5.41) is 11.9. The smallest absolute Gasteiger partial charge is 0.174 e. The molecule has 0 saturated carbocycles. The Morgan fingerprint density at radius 1 is 0.826 bits per heavy atom. The van der Waals surface area contributed by atoms with Gasteiger partial charge in [0, 0.05) is 11.1 Å². The normalized spacial score (nSPS) is 10.8. The molecule has 0 spiro atoms. The van der Waals surface area contributed by atoms with Gasteiger partial charge in [0.25, 0.3) is 0 Å². The van der Waals surface area contributed by atoms with Crippen molar-refractivity contribution >= 4 is 34.6 Å². The van der Waals surface area contributed by atoms with Crippen molar-refractivity contribution in [1.82, 2.24) is 4.98 Å². The number of rotatable bonds is 5. The molecular formula is C18H16N4S. The second kappa shape index (κ2) is 7.56. The lowest BCUT2D eigenvalue weighted by molar-refractivity contribution is 1.15. The van der Waals surface area contributed by atoms with E-state index in [0.29, 0.717) is 5.82 Å². The Morgan fingerprint density at radius 2 is 1.57 bits per heavy atom. The Bertz CT molecular complexity index is 803. The van der Waals surface area contributed by atoms with Crippen molar-refractivity contribution in [2.24, 2.45) is 10.2 Å². The van der Waals surface area contributed by atoms with Crippen molar-refractivity contribution in [3.05, 3.63) is 72.9 Å². The van der Waals surface area contributed by atoms with E-state index in [2.05, 4.69) is 38.9 Å². The van der Waals surface area contributed by atoms with Crippen LogP contribution in [0.4, 0.5) is 22.9 Å².